The summed E-state index contributed by atoms with van der Waals surface area (Å²) < 4.78 is 11.8. The van der Waals surface area contributed by atoms with Gasteiger partial charge < -0.3 is 9.47 Å². The average Bonchev–Trinajstić information content (AvgIpc) is 3.22. The normalized spacial score (nSPS) is 21.4. The summed E-state index contributed by atoms with van der Waals surface area (Å²) in [6.45, 7) is 8.00. The zero-order valence-corrected chi connectivity index (χ0v) is 20.2. The maximum absolute atomic E-state index is 13.8. The Balaban J connectivity index is 1.32. The van der Waals surface area contributed by atoms with Crippen molar-refractivity contribution in [3.63, 3.8) is 0 Å². The molecule has 35 heavy (non-hydrogen) atoms. The molecule has 6 rings (SSSR count). The van der Waals surface area contributed by atoms with Crippen LogP contribution in [0.25, 0.3) is 5.57 Å². The topological polar surface area (TPSA) is 62.6 Å². The van der Waals surface area contributed by atoms with Gasteiger partial charge in [-0.3, -0.25) is 9.69 Å². The molecule has 0 amide bonds. The molecular weight excluding hydrogens is 436 g/mol. The van der Waals surface area contributed by atoms with Crippen LogP contribution < -0.4 is 4.74 Å². The minimum Gasteiger partial charge on any atom is -0.489 e. The number of carbonyl (C=O) groups is 1. The van der Waals surface area contributed by atoms with Gasteiger partial charge >= 0.3 is 0 Å². The summed E-state index contributed by atoms with van der Waals surface area (Å²) in [6.07, 6.45) is 8.58. The van der Waals surface area contributed by atoms with E-state index in [2.05, 4.69) is 30.7 Å². The molecule has 0 aromatic heterocycles. The quantitative estimate of drug-likeness (QED) is 0.635. The maximum atomic E-state index is 13.8. The molecule has 0 saturated carbocycles. The Morgan fingerprint density at radius 1 is 1.14 bits per heavy atom. The molecule has 0 unspecified atom stereocenters. The molecular formula is C30H28N2O3. The number of ether oxygens (including phenoxy) is 2. The molecule has 0 N–H and O–H groups in total. The van der Waals surface area contributed by atoms with Gasteiger partial charge in [-0.25, -0.2) is 0 Å². The van der Waals surface area contributed by atoms with Gasteiger partial charge in [0.05, 0.1) is 36.5 Å². The van der Waals surface area contributed by atoms with Gasteiger partial charge in [-0.15, -0.1) is 6.42 Å². The Hall–Kier alpha value is -3.38. The number of likely N-dealkylation sites (tertiary alicyclic amines) is 1. The number of ketones is 1. The van der Waals surface area contributed by atoms with Gasteiger partial charge in [-0.05, 0) is 65.8 Å². The number of terminal acetylenes is 1. The van der Waals surface area contributed by atoms with Crippen LogP contribution in [0.1, 0.15) is 64.9 Å². The molecule has 4 aliphatic rings. The van der Waals surface area contributed by atoms with E-state index in [0.29, 0.717) is 34.9 Å². The molecule has 5 nitrogen and oxygen atoms in total. The third kappa shape index (κ3) is 3.42. The predicted molar refractivity (Wildman–Crippen MR) is 133 cm³/mol. The number of benzene rings is 2. The van der Waals surface area contributed by atoms with Crippen LogP contribution in [0.5, 0.6) is 5.75 Å². The lowest BCUT2D eigenvalue weighted by molar-refractivity contribution is -0.0778. The van der Waals surface area contributed by atoms with Crippen LogP contribution in [0.4, 0.5) is 0 Å². The number of nitriles is 1. The Morgan fingerprint density at radius 2 is 1.91 bits per heavy atom. The van der Waals surface area contributed by atoms with E-state index < -0.39 is 0 Å². The average molecular weight is 465 g/mol. The number of rotatable bonds is 3. The molecule has 0 bridgehead atoms. The van der Waals surface area contributed by atoms with E-state index in [1.807, 2.05) is 24.3 Å². The van der Waals surface area contributed by atoms with Gasteiger partial charge in [0, 0.05) is 29.6 Å². The Bertz CT molecular complexity index is 1360. The van der Waals surface area contributed by atoms with E-state index in [0.717, 1.165) is 67.0 Å². The zero-order chi connectivity index (χ0) is 24.3. The van der Waals surface area contributed by atoms with Gasteiger partial charge in [0.15, 0.2) is 5.78 Å². The highest BCUT2D eigenvalue weighted by Gasteiger charge is 2.43. The first-order valence-corrected chi connectivity index (χ1v) is 12.4. The van der Waals surface area contributed by atoms with Crippen molar-refractivity contribution in [2.24, 2.45) is 0 Å². The molecule has 2 heterocycles. The number of fused-ring (bicyclic) bond motifs is 3. The fourth-order valence-electron chi connectivity index (χ4n) is 6.05. The summed E-state index contributed by atoms with van der Waals surface area (Å²) in [7, 11) is 0. The molecule has 2 aromatic rings. The highest BCUT2D eigenvalue weighted by atomic mass is 16.5. The molecule has 5 heteroatoms. The van der Waals surface area contributed by atoms with Crippen molar-refractivity contribution in [3.8, 4) is 24.2 Å². The van der Waals surface area contributed by atoms with Crippen LogP contribution in [0.3, 0.4) is 0 Å². The molecule has 2 aliphatic heterocycles. The second-order valence-corrected chi connectivity index (χ2v) is 10.6. The van der Waals surface area contributed by atoms with Gasteiger partial charge in [-0.2, -0.15) is 5.26 Å². The van der Waals surface area contributed by atoms with E-state index in [-0.39, 0.29) is 17.3 Å². The number of allylic oxidation sites excluding steroid dienone is 2. The Labute approximate surface area is 206 Å². The zero-order valence-electron chi connectivity index (χ0n) is 20.2. The maximum Gasteiger partial charge on any atom is 0.193 e. The first-order valence-electron chi connectivity index (χ1n) is 12.4. The number of piperidine rings is 1. The van der Waals surface area contributed by atoms with Gasteiger partial charge in [0.25, 0.3) is 0 Å². The summed E-state index contributed by atoms with van der Waals surface area (Å²) in [5.41, 5.74) is 6.37. The number of hydrogen-bond donors (Lipinski definition) is 0. The fourth-order valence-corrected chi connectivity index (χ4v) is 6.05. The van der Waals surface area contributed by atoms with Crippen LogP contribution in [0, 0.1) is 23.7 Å². The number of Topliss-reactive ketones (excluding diaryl/α,β-unsaturated/α-hetero) is 1. The molecule has 2 aliphatic carbocycles. The van der Waals surface area contributed by atoms with Crippen LogP contribution in [-0.4, -0.2) is 49.1 Å². The van der Waals surface area contributed by atoms with Crippen molar-refractivity contribution in [3.05, 3.63) is 69.3 Å². The van der Waals surface area contributed by atoms with Crippen molar-refractivity contribution in [1.82, 2.24) is 4.90 Å². The molecule has 2 saturated heterocycles. The third-order valence-corrected chi connectivity index (χ3v) is 8.25. The van der Waals surface area contributed by atoms with Crippen LogP contribution in [0.2, 0.25) is 0 Å². The summed E-state index contributed by atoms with van der Waals surface area (Å²) in [6, 6.07) is 12.2. The lowest BCUT2D eigenvalue weighted by atomic mass is 9.68. The largest absolute Gasteiger partial charge is 0.489 e. The van der Waals surface area contributed by atoms with Crippen LogP contribution in [0.15, 0.2) is 35.9 Å². The molecule has 2 fully saturated rings. The van der Waals surface area contributed by atoms with Crippen molar-refractivity contribution >= 4 is 11.4 Å². The SMILES string of the molecule is C#Cc1cc2c(cc1OC1CCN(C3COC3)CC1)C(C)(C)C1=C(C2=O)c2ccc(C#N)cc2C1. The van der Waals surface area contributed by atoms with Crippen LogP contribution in [-0.2, 0) is 16.6 Å². The summed E-state index contributed by atoms with van der Waals surface area (Å²) >= 11 is 0. The second kappa shape index (κ2) is 8.09. The summed E-state index contributed by atoms with van der Waals surface area (Å²) in [4.78, 5) is 16.2. The Morgan fingerprint density at radius 3 is 2.57 bits per heavy atom. The molecule has 0 atom stereocenters. The van der Waals surface area contributed by atoms with Gasteiger partial charge in [0.2, 0.25) is 0 Å². The first kappa shape index (κ1) is 22.1. The summed E-state index contributed by atoms with van der Waals surface area (Å²) in [5.74, 6) is 3.48. The number of nitrogens with zero attached hydrogens (tertiary/aromatic N) is 2. The van der Waals surface area contributed by atoms with E-state index in [9.17, 15) is 10.1 Å². The highest BCUT2D eigenvalue weighted by Crippen LogP contribution is 2.51. The highest BCUT2D eigenvalue weighted by molar-refractivity contribution is 6.33. The molecule has 176 valence electrons. The molecule has 2 aromatic carbocycles. The van der Waals surface area contributed by atoms with Crippen molar-refractivity contribution in [2.75, 3.05) is 26.3 Å². The fraction of sp³-hybridized carbons (Fsp3) is 0.400. The smallest absolute Gasteiger partial charge is 0.193 e. The monoisotopic (exact) mass is 464 g/mol. The lowest BCUT2D eigenvalue weighted by Crippen LogP contribution is -2.52. The van der Waals surface area contributed by atoms with Gasteiger partial charge in [0.1, 0.15) is 11.9 Å². The van der Waals surface area contributed by atoms with Crippen LogP contribution >= 0.6 is 0 Å². The summed E-state index contributed by atoms with van der Waals surface area (Å²) in [5, 5.41) is 9.33. The van der Waals surface area contributed by atoms with Crippen molar-refractivity contribution in [1.29, 1.82) is 5.26 Å². The molecule has 0 radical (unpaired) electrons. The lowest BCUT2D eigenvalue weighted by Gasteiger charge is -2.41. The minimum atomic E-state index is -0.358. The van der Waals surface area contributed by atoms with E-state index in [4.69, 9.17) is 15.9 Å². The van der Waals surface area contributed by atoms with E-state index >= 15 is 0 Å². The number of hydrogen-bond acceptors (Lipinski definition) is 5. The van der Waals surface area contributed by atoms with Gasteiger partial charge in [-0.1, -0.05) is 25.8 Å². The van der Waals surface area contributed by atoms with Crippen molar-refractivity contribution in [2.45, 2.75) is 50.7 Å². The number of carbonyl (C=O) groups excluding carboxylic acids is 1. The van der Waals surface area contributed by atoms with E-state index in [1.165, 1.54) is 0 Å². The third-order valence-electron chi connectivity index (χ3n) is 8.25. The van der Waals surface area contributed by atoms with Crippen molar-refractivity contribution < 1.29 is 14.3 Å². The standard InChI is InChI=1S/C30H28N2O3/c1-4-19-12-24-25(14-27(19)35-22-7-9-32(10-8-22)21-16-34-17-21)30(2,3)26-13-20-11-18(15-31)5-6-23(20)28(26)29(24)33/h1,5-6,11-12,14,21-22H,7-10,13,16-17H2,2-3H3. The first-order chi connectivity index (χ1) is 16.9. The van der Waals surface area contributed by atoms with E-state index in [1.54, 1.807) is 6.07 Å². The predicted octanol–water partition coefficient (Wildman–Crippen LogP) is 4.27. The minimum absolute atomic E-state index is 0.0110. The molecule has 0 spiro atoms. The Kier molecular flexibility index (Phi) is 5.11. The second-order valence-electron chi connectivity index (χ2n) is 10.6.